The van der Waals surface area contributed by atoms with E-state index in [1.807, 2.05) is 24.3 Å². The molecule has 1 atom stereocenters. The number of carbonyl (C=O) groups is 2. The van der Waals surface area contributed by atoms with Crippen LogP contribution in [0.25, 0.3) is 11.4 Å². The van der Waals surface area contributed by atoms with Crippen LogP contribution in [0.2, 0.25) is 0 Å². The van der Waals surface area contributed by atoms with Crippen molar-refractivity contribution >= 4 is 23.7 Å². The monoisotopic (exact) mass is 333 g/mol. The van der Waals surface area contributed by atoms with E-state index in [1.165, 1.54) is 24.4 Å². The minimum absolute atomic E-state index is 0.395. The zero-order valence-corrected chi connectivity index (χ0v) is 14.0. The van der Waals surface area contributed by atoms with Gasteiger partial charge in [-0.05, 0) is 18.9 Å². The number of hydrogen-bond acceptors (Lipinski definition) is 5. The zero-order valence-electron chi connectivity index (χ0n) is 13.2. The first kappa shape index (κ1) is 17.0. The highest BCUT2D eigenvalue weighted by molar-refractivity contribution is 8.00. The first-order chi connectivity index (χ1) is 11.0. The van der Waals surface area contributed by atoms with Crippen LogP contribution in [-0.2, 0) is 11.2 Å². The standard InChI is InChI=1S/C15H19N5O2S/c1-4-10-5-7-11(8-6-10)12-17-15(20-19-12)23-9(2)13(21)18-14(22)16-3/h5-9H,4H2,1-3H3,(H,17,19,20)(H2,16,18,21,22)/t9-/m0/s1. The van der Waals surface area contributed by atoms with Crippen LogP contribution in [0.15, 0.2) is 29.4 Å². The molecule has 0 aliphatic heterocycles. The average Bonchev–Trinajstić information content (AvgIpc) is 3.03. The molecule has 3 amide bonds. The Morgan fingerprint density at radius 1 is 1.30 bits per heavy atom. The summed E-state index contributed by atoms with van der Waals surface area (Å²) >= 11 is 1.18. The zero-order chi connectivity index (χ0) is 16.8. The lowest BCUT2D eigenvalue weighted by molar-refractivity contribution is -0.119. The molecule has 0 aliphatic carbocycles. The van der Waals surface area contributed by atoms with Crippen molar-refractivity contribution in [3.8, 4) is 11.4 Å². The van der Waals surface area contributed by atoms with Gasteiger partial charge >= 0.3 is 6.03 Å². The van der Waals surface area contributed by atoms with Crippen LogP contribution >= 0.6 is 11.8 Å². The molecule has 8 heteroatoms. The van der Waals surface area contributed by atoms with Gasteiger partial charge in [0.25, 0.3) is 0 Å². The topological polar surface area (TPSA) is 99.8 Å². The molecule has 0 radical (unpaired) electrons. The quantitative estimate of drug-likeness (QED) is 0.727. The molecule has 7 nitrogen and oxygen atoms in total. The van der Waals surface area contributed by atoms with E-state index in [1.54, 1.807) is 6.92 Å². The Hall–Kier alpha value is -2.35. The molecule has 0 spiro atoms. The van der Waals surface area contributed by atoms with E-state index in [4.69, 9.17) is 0 Å². The molecular weight excluding hydrogens is 314 g/mol. The fourth-order valence-corrected chi connectivity index (χ4v) is 2.54. The molecule has 0 fully saturated rings. The lowest BCUT2D eigenvalue weighted by atomic mass is 10.1. The van der Waals surface area contributed by atoms with Crippen molar-refractivity contribution < 1.29 is 9.59 Å². The Balaban J connectivity index is 2.01. The SMILES string of the molecule is CCc1ccc(-c2nc(S[C@@H](C)C(=O)NC(=O)NC)n[nH]2)cc1. The Kier molecular flexibility index (Phi) is 5.75. The van der Waals surface area contributed by atoms with Gasteiger partial charge < -0.3 is 5.32 Å². The lowest BCUT2D eigenvalue weighted by Gasteiger charge is -2.08. The van der Waals surface area contributed by atoms with Crippen molar-refractivity contribution in [2.75, 3.05) is 7.05 Å². The fourth-order valence-electron chi connectivity index (χ4n) is 1.81. The minimum Gasteiger partial charge on any atom is -0.341 e. The summed E-state index contributed by atoms with van der Waals surface area (Å²) in [6.07, 6.45) is 0.982. The van der Waals surface area contributed by atoms with Gasteiger partial charge in [-0.25, -0.2) is 9.78 Å². The van der Waals surface area contributed by atoms with Crippen LogP contribution in [0.1, 0.15) is 19.4 Å². The van der Waals surface area contributed by atoms with Crippen molar-refractivity contribution in [3.63, 3.8) is 0 Å². The van der Waals surface area contributed by atoms with Gasteiger partial charge in [0.05, 0.1) is 5.25 Å². The molecule has 0 unspecified atom stereocenters. The van der Waals surface area contributed by atoms with Crippen molar-refractivity contribution in [1.82, 2.24) is 25.8 Å². The largest absolute Gasteiger partial charge is 0.341 e. The highest BCUT2D eigenvalue weighted by atomic mass is 32.2. The Labute approximate surface area is 138 Å². The van der Waals surface area contributed by atoms with Crippen LogP contribution in [0.5, 0.6) is 0 Å². The first-order valence-corrected chi connectivity index (χ1v) is 8.12. The summed E-state index contributed by atoms with van der Waals surface area (Å²) in [6.45, 7) is 3.79. The van der Waals surface area contributed by atoms with E-state index in [-0.39, 0.29) is 0 Å². The number of imide groups is 1. The summed E-state index contributed by atoms with van der Waals surface area (Å²) in [5.74, 6) is 0.252. The van der Waals surface area contributed by atoms with Crippen LogP contribution in [0, 0.1) is 0 Å². The lowest BCUT2D eigenvalue weighted by Crippen LogP contribution is -2.41. The summed E-state index contributed by atoms with van der Waals surface area (Å²) in [6, 6.07) is 7.52. The second kappa shape index (κ2) is 7.77. The second-order valence-electron chi connectivity index (χ2n) is 4.85. The highest BCUT2D eigenvalue weighted by Crippen LogP contribution is 2.23. The van der Waals surface area contributed by atoms with Crippen LogP contribution in [-0.4, -0.2) is 39.4 Å². The van der Waals surface area contributed by atoms with Crippen molar-refractivity contribution in [2.24, 2.45) is 0 Å². The van der Waals surface area contributed by atoms with Gasteiger partial charge in [0.1, 0.15) is 0 Å². The summed E-state index contributed by atoms with van der Waals surface area (Å²) in [4.78, 5) is 27.3. The third kappa shape index (κ3) is 4.56. The molecule has 2 aromatic rings. The molecule has 23 heavy (non-hydrogen) atoms. The van der Waals surface area contributed by atoms with E-state index in [9.17, 15) is 9.59 Å². The Morgan fingerprint density at radius 2 is 2.00 bits per heavy atom. The van der Waals surface area contributed by atoms with Gasteiger partial charge in [-0.3, -0.25) is 15.2 Å². The van der Waals surface area contributed by atoms with Crippen LogP contribution in [0.4, 0.5) is 4.79 Å². The number of aromatic nitrogens is 3. The van der Waals surface area contributed by atoms with E-state index in [0.717, 1.165) is 12.0 Å². The molecule has 1 aromatic carbocycles. The number of aromatic amines is 1. The van der Waals surface area contributed by atoms with Gasteiger partial charge in [0.15, 0.2) is 5.82 Å². The molecule has 122 valence electrons. The summed E-state index contributed by atoms with van der Waals surface area (Å²) in [5, 5.41) is 11.5. The number of nitrogens with zero attached hydrogens (tertiary/aromatic N) is 2. The van der Waals surface area contributed by atoms with Crippen molar-refractivity contribution in [1.29, 1.82) is 0 Å². The third-order valence-electron chi connectivity index (χ3n) is 3.22. The van der Waals surface area contributed by atoms with Crippen molar-refractivity contribution in [2.45, 2.75) is 30.7 Å². The number of H-pyrrole nitrogens is 1. The van der Waals surface area contributed by atoms with Gasteiger partial charge in [-0.2, -0.15) is 0 Å². The van der Waals surface area contributed by atoms with Gasteiger partial charge in [0.2, 0.25) is 11.1 Å². The number of amides is 3. The summed E-state index contributed by atoms with van der Waals surface area (Å²) in [7, 11) is 1.45. The molecular formula is C15H19N5O2S. The maximum absolute atomic E-state index is 11.8. The summed E-state index contributed by atoms with van der Waals surface area (Å²) < 4.78 is 0. The molecule has 0 aliphatic rings. The maximum Gasteiger partial charge on any atom is 0.321 e. The molecule has 0 saturated carbocycles. The normalized spacial score (nSPS) is 11.8. The number of benzene rings is 1. The minimum atomic E-state index is -0.533. The third-order valence-corrected chi connectivity index (χ3v) is 4.18. The molecule has 0 saturated heterocycles. The number of nitrogens with one attached hydrogen (secondary N) is 3. The average molecular weight is 333 g/mol. The highest BCUT2D eigenvalue weighted by Gasteiger charge is 2.19. The summed E-state index contributed by atoms with van der Waals surface area (Å²) in [5.41, 5.74) is 2.19. The molecule has 3 N–H and O–H groups in total. The van der Waals surface area contributed by atoms with Crippen LogP contribution in [0.3, 0.4) is 0 Å². The molecule has 1 aromatic heterocycles. The van der Waals surface area contributed by atoms with Crippen molar-refractivity contribution in [3.05, 3.63) is 29.8 Å². The predicted molar refractivity (Wildman–Crippen MR) is 89.1 cm³/mol. The van der Waals surface area contributed by atoms with E-state index in [2.05, 4.69) is 32.7 Å². The molecule has 1 heterocycles. The number of aryl methyl sites for hydroxylation is 1. The first-order valence-electron chi connectivity index (χ1n) is 7.24. The second-order valence-corrected chi connectivity index (χ2v) is 6.15. The van der Waals surface area contributed by atoms with Gasteiger partial charge in [0, 0.05) is 12.6 Å². The molecule has 0 bridgehead atoms. The number of rotatable bonds is 5. The Bertz CT molecular complexity index is 683. The number of urea groups is 1. The van der Waals surface area contributed by atoms with Gasteiger partial charge in [-0.1, -0.05) is 43.0 Å². The fraction of sp³-hybridized carbons (Fsp3) is 0.333. The van der Waals surface area contributed by atoms with Crippen LogP contribution < -0.4 is 10.6 Å². The Morgan fingerprint density at radius 3 is 2.61 bits per heavy atom. The predicted octanol–water partition coefficient (Wildman–Crippen LogP) is 1.97. The van der Waals surface area contributed by atoms with E-state index in [0.29, 0.717) is 11.0 Å². The molecule has 2 rings (SSSR count). The maximum atomic E-state index is 11.8. The van der Waals surface area contributed by atoms with E-state index >= 15 is 0 Å². The number of hydrogen-bond donors (Lipinski definition) is 3. The number of thioether (sulfide) groups is 1. The van der Waals surface area contributed by atoms with E-state index < -0.39 is 17.2 Å². The smallest absolute Gasteiger partial charge is 0.321 e. The van der Waals surface area contributed by atoms with Gasteiger partial charge in [-0.15, -0.1) is 5.10 Å². The number of carbonyl (C=O) groups excluding carboxylic acids is 2.